The average molecular weight is 576 g/mol. The van der Waals surface area contributed by atoms with Gasteiger partial charge in [-0.25, -0.2) is 9.97 Å². The monoisotopic (exact) mass is 576 g/mol. The summed E-state index contributed by atoms with van der Waals surface area (Å²) in [5.41, 5.74) is 10.8. The molecule has 6 aromatic rings. The number of hydrogen-bond donors (Lipinski definition) is 1. The van der Waals surface area contributed by atoms with Crippen LogP contribution in [0.25, 0.3) is 44.1 Å². The van der Waals surface area contributed by atoms with Crippen molar-refractivity contribution in [1.29, 1.82) is 0 Å². The number of halogens is 1. The predicted octanol–water partition coefficient (Wildman–Crippen LogP) is 7.76. The summed E-state index contributed by atoms with van der Waals surface area (Å²) in [4.78, 5) is 14.2. The average Bonchev–Trinajstić information content (AvgIpc) is 2.92. The van der Waals surface area contributed by atoms with Crippen LogP contribution in [0.4, 0.5) is 5.95 Å². The topological polar surface area (TPSA) is 64.2 Å². The number of hydrogen-bond acceptors (Lipinski definition) is 3. The number of aromatic nitrogens is 2. The molecule has 0 spiro atoms. The minimum absolute atomic E-state index is 0.333. The Morgan fingerprint density at radius 1 is 0.583 bits per heavy atom. The first kappa shape index (κ1) is 22.4. The molecule has 0 aliphatic heterocycles. The molecule has 0 radical (unpaired) electrons. The Bertz CT molecular complexity index is 1660. The molecule has 6 rings (SSSR count). The molecular weight excluding hydrogens is 555 g/mol. The summed E-state index contributed by atoms with van der Waals surface area (Å²) in [7, 11) is 0. The number of nitrogens with zero attached hydrogens (tertiary/aromatic N) is 3. The molecule has 172 valence electrons. The molecular formula is C31H21IN4. The molecule has 5 aromatic carbocycles. The summed E-state index contributed by atoms with van der Waals surface area (Å²) in [5.74, 6) is 0.714. The lowest BCUT2D eigenvalue weighted by atomic mass is 10.0. The summed E-state index contributed by atoms with van der Waals surface area (Å²) < 4.78 is 1.14. The third kappa shape index (κ3) is 4.57. The van der Waals surface area contributed by atoms with Crippen molar-refractivity contribution >= 4 is 55.9 Å². The number of amidine groups is 1. The molecule has 4 nitrogen and oxygen atoms in total. The Morgan fingerprint density at radius 3 is 1.61 bits per heavy atom. The van der Waals surface area contributed by atoms with Crippen LogP contribution in [0.15, 0.2) is 120 Å². The Morgan fingerprint density at radius 2 is 1.08 bits per heavy atom. The summed E-state index contributed by atoms with van der Waals surface area (Å²) in [5, 5.41) is 4.69. The smallest absolute Gasteiger partial charge is 0.252 e. The van der Waals surface area contributed by atoms with Gasteiger partial charge in [0.15, 0.2) is 0 Å². The number of benzene rings is 5. The fourth-order valence-electron chi connectivity index (χ4n) is 4.27. The first-order valence-electron chi connectivity index (χ1n) is 11.6. The van der Waals surface area contributed by atoms with E-state index in [0.29, 0.717) is 11.8 Å². The van der Waals surface area contributed by atoms with Crippen molar-refractivity contribution < 1.29 is 0 Å². The molecule has 1 heterocycles. The molecule has 0 atom stereocenters. The van der Waals surface area contributed by atoms with Gasteiger partial charge in [0, 0.05) is 20.3 Å². The zero-order chi connectivity index (χ0) is 24.5. The number of rotatable bonds is 4. The number of aliphatic imine (C=N–C) groups is 1. The van der Waals surface area contributed by atoms with E-state index in [2.05, 4.69) is 88.2 Å². The molecule has 5 heteroatoms. The third-order valence-corrected chi connectivity index (χ3v) is 6.88. The summed E-state index contributed by atoms with van der Waals surface area (Å²) in [6.45, 7) is 0. The van der Waals surface area contributed by atoms with E-state index in [1.165, 1.54) is 10.8 Å². The van der Waals surface area contributed by atoms with E-state index in [1.54, 1.807) is 0 Å². The minimum atomic E-state index is 0.333. The van der Waals surface area contributed by atoms with Crippen LogP contribution in [0.5, 0.6) is 0 Å². The fraction of sp³-hybridized carbons (Fsp3) is 0. The third-order valence-electron chi connectivity index (χ3n) is 6.17. The highest BCUT2D eigenvalue weighted by Crippen LogP contribution is 2.30. The van der Waals surface area contributed by atoms with Crippen LogP contribution in [0, 0.1) is 3.57 Å². The van der Waals surface area contributed by atoms with Crippen molar-refractivity contribution in [3.63, 3.8) is 0 Å². The maximum absolute atomic E-state index is 6.37. The van der Waals surface area contributed by atoms with Gasteiger partial charge in [0.1, 0.15) is 5.84 Å². The van der Waals surface area contributed by atoms with Gasteiger partial charge in [-0.15, -0.1) is 0 Å². The van der Waals surface area contributed by atoms with E-state index < -0.39 is 0 Å². The summed E-state index contributed by atoms with van der Waals surface area (Å²) in [6.07, 6.45) is 0. The van der Waals surface area contributed by atoms with Gasteiger partial charge in [-0.2, -0.15) is 4.99 Å². The van der Waals surface area contributed by atoms with E-state index in [1.807, 2.05) is 54.6 Å². The first-order chi connectivity index (χ1) is 17.6. The molecule has 0 unspecified atom stereocenters. The van der Waals surface area contributed by atoms with Crippen molar-refractivity contribution in [3.05, 3.63) is 124 Å². The Hall–Kier alpha value is -4.10. The summed E-state index contributed by atoms with van der Waals surface area (Å²) in [6, 6.07) is 39.3. The quantitative estimate of drug-likeness (QED) is 0.133. The van der Waals surface area contributed by atoms with Crippen molar-refractivity contribution in [2.75, 3.05) is 0 Å². The van der Waals surface area contributed by atoms with E-state index in [0.717, 1.165) is 42.4 Å². The number of fused-ring (bicyclic) bond motifs is 2. The van der Waals surface area contributed by atoms with Crippen LogP contribution < -0.4 is 5.73 Å². The molecule has 0 aliphatic rings. The summed E-state index contributed by atoms with van der Waals surface area (Å²) >= 11 is 2.27. The Kier molecular flexibility index (Phi) is 5.91. The van der Waals surface area contributed by atoms with Crippen molar-refractivity contribution in [2.45, 2.75) is 0 Å². The van der Waals surface area contributed by atoms with Crippen LogP contribution in [0.1, 0.15) is 5.56 Å². The van der Waals surface area contributed by atoms with Gasteiger partial charge in [-0.05, 0) is 74.5 Å². The van der Waals surface area contributed by atoms with Gasteiger partial charge in [0.05, 0.1) is 11.4 Å². The van der Waals surface area contributed by atoms with Crippen LogP contribution in [-0.4, -0.2) is 15.8 Å². The van der Waals surface area contributed by atoms with Crippen molar-refractivity contribution in [2.24, 2.45) is 10.7 Å². The predicted molar refractivity (Wildman–Crippen MR) is 157 cm³/mol. The van der Waals surface area contributed by atoms with E-state index in [9.17, 15) is 0 Å². The standard InChI is InChI=1S/C31H21IN4/c32-27-15-13-22(14-16-27)30(33)36-31-34-28(25-11-9-20-5-1-3-7-23(20)17-25)19-29(35-31)26-12-10-21-6-2-4-8-24(21)18-26/h1-19H,(H2,33,34,35,36). The van der Waals surface area contributed by atoms with Crippen LogP contribution in [0.3, 0.4) is 0 Å². The molecule has 0 saturated carbocycles. The van der Waals surface area contributed by atoms with Crippen LogP contribution in [0.2, 0.25) is 0 Å². The lowest BCUT2D eigenvalue weighted by Crippen LogP contribution is -2.13. The lowest BCUT2D eigenvalue weighted by Gasteiger charge is -2.09. The maximum atomic E-state index is 6.37. The van der Waals surface area contributed by atoms with Crippen molar-refractivity contribution in [3.8, 4) is 22.5 Å². The van der Waals surface area contributed by atoms with Gasteiger partial charge >= 0.3 is 0 Å². The zero-order valence-electron chi connectivity index (χ0n) is 19.3. The second-order valence-corrected chi connectivity index (χ2v) is 9.81. The second-order valence-electron chi connectivity index (χ2n) is 8.57. The van der Waals surface area contributed by atoms with E-state index in [-0.39, 0.29) is 0 Å². The second kappa shape index (κ2) is 9.51. The normalized spacial score (nSPS) is 11.8. The molecule has 2 N–H and O–H groups in total. The van der Waals surface area contributed by atoms with E-state index >= 15 is 0 Å². The molecule has 0 saturated heterocycles. The largest absolute Gasteiger partial charge is 0.383 e. The van der Waals surface area contributed by atoms with Gasteiger partial charge in [0.25, 0.3) is 5.95 Å². The molecule has 0 aliphatic carbocycles. The Labute approximate surface area is 222 Å². The zero-order valence-corrected chi connectivity index (χ0v) is 21.4. The molecule has 1 aromatic heterocycles. The first-order valence-corrected chi connectivity index (χ1v) is 12.7. The van der Waals surface area contributed by atoms with Crippen LogP contribution >= 0.6 is 22.6 Å². The van der Waals surface area contributed by atoms with Gasteiger partial charge in [0.2, 0.25) is 0 Å². The van der Waals surface area contributed by atoms with Crippen LogP contribution in [-0.2, 0) is 0 Å². The fourth-order valence-corrected chi connectivity index (χ4v) is 4.63. The maximum Gasteiger partial charge on any atom is 0.252 e. The lowest BCUT2D eigenvalue weighted by molar-refractivity contribution is 1.14. The van der Waals surface area contributed by atoms with Gasteiger partial charge in [-0.3, -0.25) is 0 Å². The van der Waals surface area contributed by atoms with Gasteiger partial charge in [-0.1, -0.05) is 84.9 Å². The SMILES string of the molecule is NC(=Nc1nc(-c2ccc3ccccc3c2)cc(-c2ccc3ccccc3c2)n1)c1ccc(I)cc1. The van der Waals surface area contributed by atoms with Crippen molar-refractivity contribution in [1.82, 2.24) is 9.97 Å². The highest BCUT2D eigenvalue weighted by Gasteiger charge is 2.11. The number of nitrogens with two attached hydrogens (primary N) is 1. The molecule has 0 amide bonds. The Balaban J connectivity index is 1.51. The highest BCUT2D eigenvalue weighted by atomic mass is 127. The minimum Gasteiger partial charge on any atom is -0.383 e. The molecule has 36 heavy (non-hydrogen) atoms. The molecule has 0 fully saturated rings. The highest BCUT2D eigenvalue weighted by molar-refractivity contribution is 14.1. The van der Waals surface area contributed by atoms with Gasteiger partial charge < -0.3 is 5.73 Å². The van der Waals surface area contributed by atoms with E-state index in [4.69, 9.17) is 15.7 Å². The molecule has 0 bridgehead atoms.